The molecule has 0 radical (unpaired) electrons. The second-order valence-electron chi connectivity index (χ2n) is 6.90. The van der Waals surface area contributed by atoms with E-state index < -0.39 is 0 Å². The Morgan fingerprint density at radius 3 is 2.26 bits per heavy atom. The minimum atomic E-state index is 0.341. The first kappa shape index (κ1) is 16.6. The zero-order chi connectivity index (χ0) is 16.4. The molecule has 1 aliphatic heterocycles. The van der Waals surface area contributed by atoms with Crippen LogP contribution < -0.4 is 0 Å². The van der Waals surface area contributed by atoms with E-state index in [4.69, 9.17) is 0 Å². The third-order valence-electron chi connectivity index (χ3n) is 4.73. The second-order valence-corrected chi connectivity index (χ2v) is 7.73. The fourth-order valence-electron chi connectivity index (χ4n) is 3.41. The molecule has 1 aromatic carbocycles. The van der Waals surface area contributed by atoms with Crippen molar-refractivity contribution in [1.82, 2.24) is 14.2 Å². The summed E-state index contributed by atoms with van der Waals surface area (Å²) in [6, 6.07) is 11.6. The zero-order valence-electron chi connectivity index (χ0n) is 14.6. The lowest BCUT2D eigenvalue weighted by molar-refractivity contribution is 0.128. The van der Waals surface area contributed by atoms with E-state index in [1.165, 1.54) is 16.0 Å². The minimum Gasteiger partial charge on any atom is -0.304 e. The molecule has 0 bridgehead atoms. The topological polar surface area (TPSA) is 19.4 Å². The highest BCUT2D eigenvalue weighted by molar-refractivity contribution is 7.05. The number of aryl methyl sites for hydroxylation is 1. The third kappa shape index (κ3) is 3.65. The summed E-state index contributed by atoms with van der Waals surface area (Å²) in [4.78, 5) is 6.42. The van der Waals surface area contributed by atoms with Gasteiger partial charge in [0.25, 0.3) is 0 Å². The molecular formula is C19H27N3S. The smallest absolute Gasteiger partial charge is 0.0715 e. The predicted octanol–water partition coefficient (Wildman–Crippen LogP) is 3.91. The monoisotopic (exact) mass is 329 g/mol. The molecule has 0 N–H and O–H groups in total. The van der Waals surface area contributed by atoms with Crippen molar-refractivity contribution in [2.45, 2.75) is 32.7 Å². The maximum atomic E-state index is 4.55. The molecule has 1 fully saturated rings. The van der Waals surface area contributed by atoms with Crippen molar-refractivity contribution in [3.63, 3.8) is 0 Å². The molecule has 4 heteroatoms. The highest BCUT2D eigenvalue weighted by Crippen LogP contribution is 2.36. The van der Waals surface area contributed by atoms with Crippen LogP contribution in [0.25, 0.3) is 0 Å². The zero-order valence-corrected chi connectivity index (χ0v) is 15.4. The molecule has 2 heterocycles. The van der Waals surface area contributed by atoms with Gasteiger partial charge in [-0.25, -0.2) is 0 Å². The second kappa shape index (κ2) is 7.12. The van der Waals surface area contributed by atoms with E-state index in [9.17, 15) is 0 Å². The largest absolute Gasteiger partial charge is 0.304 e. The van der Waals surface area contributed by atoms with Crippen molar-refractivity contribution in [3.05, 3.63) is 52.0 Å². The molecule has 2 aromatic rings. The molecule has 1 saturated heterocycles. The number of rotatable bonds is 4. The van der Waals surface area contributed by atoms with Crippen LogP contribution in [0.1, 0.15) is 47.5 Å². The highest BCUT2D eigenvalue weighted by atomic mass is 32.1. The van der Waals surface area contributed by atoms with Gasteiger partial charge in [-0.05, 0) is 48.6 Å². The van der Waals surface area contributed by atoms with E-state index in [1.807, 2.05) is 0 Å². The average molecular weight is 330 g/mol. The molecule has 124 valence electrons. The first-order chi connectivity index (χ1) is 11.1. The van der Waals surface area contributed by atoms with Crippen LogP contribution in [-0.4, -0.2) is 47.4 Å². The Labute approximate surface area is 144 Å². The number of hydrogen-bond acceptors (Lipinski definition) is 4. The summed E-state index contributed by atoms with van der Waals surface area (Å²) >= 11 is 1.66. The lowest BCUT2D eigenvalue weighted by Crippen LogP contribution is -2.46. The Balaban J connectivity index is 2.02. The summed E-state index contributed by atoms with van der Waals surface area (Å²) in [6.45, 7) is 11.2. The number of nitrogens with zero attached hydrogens (tertiary/aromatic N) is 3. The van der Waals surface area contributed by atoms with E-state index >= 15 is 0 Å². The maximum absolute atomic E-state index is 4.55. The Kier molecular flexibility index (Phi) is 5.14. The van der Waals surface area contributed by atoms with Crippen molar-refractivity contribution in [2.75, 3.05) is 33.2 Å². The van der Waals surface area contributed by atoms with Gasteiger partial charge in [-0.3, -0.25) is 4.90 Å². The molecule has 1 aromatic heterocycles. The van der Waals surface area contributed by atoms with Crippen LogP contribution in [0.3, 0.4) is 0 Å². The van der Waals surface area contributed by atoms with Crippen molar-refractivity contribution in [3.8, 4) is 0 Å². The van der Waals surface area contributed by atoms with Crippen LogP contribution >= 0.6 is 11.5 Å². The highest BCUT2D eigenvalue weighted by Gasteiger charge is 2.28. The molecule has 3 rings (SSSR count). The third-order valence-corrected chi connectivity index (χ3v) is 5.66. The van der Waals surface area contributed by atoms with Gasteiger partial charge in [-0.2, -0.15) is 4.37 Å². The molecule has 0 aliphatic carbocycles. The van der Waals surface area contributed by atoms with Gasteiger partial charge >= 0.3 is 0 Å². The normalized spacial score (nSPS) is 18.5. The van der Waals surface area contributed by atoms with Crippen molar-refractivity contribution in [2.24, 2.45) is 0 Å². The molecule has 0 saturated carbocycles. The Bertz CT molecular complexity index is 642. The molecule has 1 unspecified atom stereocenters. The number of piperazine rings is 1. The van der Waals surface area contributed by atoms with E-state index in [1.54, 1.807) is 11.5 Å². The van der Waals surface area contributed by atoms with Crippen molar-refractivity contribution < 1.29 is 0 Å². The van der Waals surface area contributed by atoms with Crippen molar-refractivity contribution >= 4 is 11.5 Å². The number of aromatic nitrogens is 1. The average Bonchev–Trinajstić information content (AvgIpc) is 2.96. The summed E-state index contributed by atoms with van der Waals surface area (Å²) in [7, 11) is 2.21. The van der Waals surface area contributed by atoms with Crippen LogP contribution in [0.15, 0.2) is 30.3 Å². The summed E-state index contributed by atoms with van der Waals surface area (Å²) < 4.78 is 4.55. The standard InChI is InChI=1S/C19H27N3S/c1-14(2)16-7-5-6-8-17(16)19(18-13-15(3)20-23-18)22-11-9-21(4)10-12-22/h5-8,13-14,19H,9-12H2,1-4H3. The number of benzene rings is 1. The first-order valence-corrected chi connectivity index (χ1v) is 9.28. The SMILES string of the molecule is Cc1cc(C(c2ccccc2C(C)C)N2CCN(C)CC2)sn1. The van der Waals surface area contributed by atoms with Gasteiger partial charge in [0.05, 0.1) is 11.7 Å². The Morgan fingerprint density at radius 1 is 1.04 bits per heavy atom. The molecular weight excluding hydrogens is 302 g/mol. The van der Waals surface area contributed by atoms with Gasteiger partial charge in [-0.1, -0.05) is 38.1 Å². The number of likely N-dealkylation sites (N-methyl/N-ethyl adjacent to an activating group) is 1. The fourth-order valence-corrected chi connectivity index (χ4v) is 4.31. The van der Waals surface area contributed by atoms with E-state index in [0.717, 1.165) is 31.9 Å². The fraction of sp³-hybridized carbons (Fsp3) is 0.526. The molecule has 3 nitrogen and oxygen atoms in total. The van der Waals surface area contributed by atoms with Crippen LogP contribution in [-0.2, 0) is 0 Å². The number of hydrogen-bond donors (Lipinski definition) is 0. The van der Waals surface area contributed by atoms with Crippen LogP contribution in [0.5, 0.6) is 0 Å². The molecule has 0 spiro atoms. The minimum absolute atomic E-state index is 0.341. The molecule has 1 atom stereocenters. The summed E-state index contributed by atoms with van der Waals surface area (Å²) in [6.07, 6.45) is 0. The quantitative estimate of drug-likeness (QED) is 0.848. The van der Waals surface area contributed by atoms with E-state index in [0.29, 0.717) is 12.0 Å². The van der Waals surface area contributed by atoms with Gasteiger partial charge in [0, 0.05) is 31.1 Å². The maximum Gasteiger partial charge on any atom is 0.0715 e. The summed E-state index contributed by atoms with van der Waals surface area (Å²) in [5.74, 6) is 0.537. The Hall–Kier alpha value is -1.23. The predicted molar refractivity (Wildman–Crippen MR) is 98.3 cm³/mol. The summed E-state index contributed by atoms with van der Waals surface area (Å²) in [5.41, 5.74) is 4.05. The first-order valence-electron chi connectivity index (χ1n) is 8.51. The molecule has 23 heavy (non-hydrogen) atoms. The van der Waals surface area contributed by atoms with Gasteiger partial charge in [0.1, 0.15) is 0 Å². The van der Waals surface area contributed by atoms with Gasteiger partial charge < -0.3 is 4.90 Å². The lowest BCUT2D eigenvalue weighted by Gasteiger charge is -2.38. The van der Waals surface area contributed by atoms with Gasteiger partial charge in [0.2, 0.25) is 0 Å². The lowest BCUT2D eigenvalue weighted by atomic mass is 9.91. The molecule has 1 aliphatic rings. The van der Waals surface area contributed by atoms with Crippen molar-refractivity contribution in [1.29, 1.82) is 0 Å². The van der Waals surface area contributed by atoms with Crippen LogP contribution in [0.2, 0.25) is 0 Å². The Morgan fingerprint density at radius 2 is 1.70 bits per heavy atom. The van der Waals surface area contributed by atoms with Gasteiger partial charge in [-0.15, -0.1) is 0 Å². The van der Waals surface area contributed by atoms with Crippen LogP contribution in [0.4, 0.5) is 0 Å². The van der Waals surface area contributed by atoms with Crippen LogP contribution in [0, 0.1) is 6.92 Å². The van der Waals surface area contributed by atoms with E-state index in [-0.39, 0.29) is 0 Å². The van der Waals surface area contributed by atoms with E-state index in [2.05, 4.69) is 72.3 Å². The van der Waals surface area contributed by atoms with Gasteiger partial charge in [0.15, 0.2) is 0 Å². The summed E-state index contributed by atoms with van der Waals surface area (Å²) in [5, 5.41) is 0. The molecule has 0 amide bonds.